The second-order valence-corrected chi connectivity index (χ2v) is 22.4. The van der Waals surface area contributed by atoms with Crippen molar-refractivity contribution >= 4 is 35.2 Å². The fraction of sp³-hybridized carbons (Fsp3) is 0.179. The average Bonchev–Trinajstić information content (AvgIpc) is 3.62. The van der Waals surface area contributed by atoms with Crippen molar-refractivity contribution in [2.45, 2.75) is 66.6 Å². The van der Waals surface area contributed by atoms with Crippen molar-refractivity contribution in [1.82, 2.24) is 9.97 Å². The molecular formula is C56H52IrN2OSi-2. The number of rotatable bonds is 8. The number of benzene rings is 6. The molecule has 3 aromatic heterocycles. The van der Waals surface area contributed by atoms with E-state index in [9.17, 15) is 0 Å². The van der Waals surface area contributed by atoms with E-state index in [1.54, 1.807) is 0 Å². The molecule has 1 radical (unpaired) electrons. The Morgan fingerprint density at radius 1 is 0.623 bits per heavy atom. The summed E-state index contributed by atoms with van der Waals surface area (Å²) in [5, 5.41) is 3.69. The number of aryl methyl sites for hydroxylation is 3. The third-order valence-electron chi connectivity index (χ3n) is 11.3. The van der Waals surface area contributed by atoms with E-state index in [4.69, 9.17) is 14.4 Å². The Bertz CT molecular complexity index is 2920. The first-order valence-corrected chi connectivity index (χ1v) is 24.5. The quantitative estimate of drug-likeness (QED) is 0.112. The van der Waals surface area contributed by atoms with Crippen LogP contribution in [0.2, 0.25) is 19.6 Å². The van der Waals surface area contributed by atoms with Crippen LogP contribution in [0.5, 0.6) is 0 Å². The van der Waals surface area contributed by atoms with E-state index < -0.39 is 8.07 Å². The summed E-state index contributed by atoms with van der Waals surface area (Å²) in [6.07, 6.45) is 4.89. The first-order chi connectivity index (χ1) is 28.9. The van der Waals surface area contributed by atoms with Gasteiger partial charge in [-0.2, -0.15) is 0 Å². The zero-order valence-corrected chi connectivity index (χ0v) is 39.7. The molecule has 0 saturated heterocycles. The molecule has 0 N–H and O–H groups in total. The summed E-state index contributed by atoms with van der Waals surface area (Å²) in [6, 6.07) is 55.7. The summed E-state index contributed by atoms with van der Waals surface area (Å²) in [4.78, 5) is 9.51. The second-order valence-electron chi connectivity index (χ2n) is 17.3. The van der Waals surface area contributed by atoms with Gasteiger partial charge in [-0.25, -0.2) is 0 Å². The molecule has 0 aliphatic heterocycles. The summed E-state index contributed by atoms with van der Waals surface area (Å²) in [5.74, 6) is 0.501. The van der Waals surface area contributed by atoms with Gasteiger partial charge in [0.05, 0.1) is 13.7 Å². The minimum Gasteiger partial charge on any atom is -0.501 e. The van der Waals surface area contributed by atoms with E-state index in [0.717, 1.165) is 56.4 Å². The molecule has 0 spiro atoms. The van der Waals surface area contributed by atoms with Crippen LogP contribution in [0.25, 0.3) is 66.7 Å². The van der Waals surface area contributed by atoms with Gasteiger partial charge in [0, 0.05) is 37.9 Å². The predicted molar refractivity (Wildman–Crippen MR) is 256 cm³/mol. The van der Waals surface area contributed by atoms with Gasteiger partial charge >= 0.3 is 0 Å². The molecule has 0 aliphatic rings. The van der Waals surface area contributed by atoms with Crippen molar-refractivity contribution < 1.29 is 24.5 Å². The van der Waals surface area contributed by atoms with Crippen LogP contribution >= 0.6 is 0 Å². The van der Waals surface area contributed by atoms with Gasteiger partial charge in [-0.3, -0.25) is 0 Å². The Labute approximate surface area is 376 Å². The molecule has 0 amide bonds. The van der Waals surface area contributed by atoms with Crippen LogP contribution in [0.3, 0.4) is 0 Å². The standard InChI is InChI=1S/C33H26NO.C23H26NSi.Ir/c1-21-16-22(2)32(23(3)17-21)26-14-15-34-30(20-26)28-11-7-10-27-29-19-25(12-13-31(29)35-33(27)28)18-24-8-5-4-6-9-24;1-17(2)21-15-22(24-16-23(21)25(3,4)5)20-13-9-12-19(14-20)18-10-7-6-8-11-18;/h4-10,12-17,19-20H,18H2,1-3H3;6-12,14-17H,1-5H3;/q2*-1;. The maximum atomic E-state index is 6.38. The van der Waals surface area contributed by atoms with Crippen molar-refractivity contribution in [2.75, 3.05) is 0 Å². The Hall–Kier alpha value is -5.71. The molecule has 5 heteroatoms. The molecule has 3 nitrogen and oxygen atoms in total. The molecule has 3 heterocycles. The van der Waals surface area contributed by atoms with E-state index in [2.05, 4.69) is 194 Å². The molecule has 9 aromatic rings. The van der Waals surface area contributed by atoms with Gasteiger partial charge in [-0.1, -0.05) is 147 Å². The van der Waals surface area contributed by atoms with Crippen molar-refractivity contribution in [2.24, 2.45) is 0 Å². The van der Waals surface area contributed by atoms with Crippen LogP contribution in [0.15, 0.2) is 156 Å². The number of hydrogen-bond donors (Lipinski definition) is 0. The third-order valence-corrected chi connectivity index (χ3v) is 13.3. The van der Waals surface area contributed by atoms with Gasteiger partial charge in [-0.15, -0.1) is 53.6 Å². The van der Waals surface area contributed by atoms with Gasteiger partial charge in [0.15, 0.2) is 0 Å². The molecule has 61 heavy (non-hydrogen) atoms. The second kappa shape index (κ2) is 18.5. The molecule has 0 fully saturated rings. The molecule has 9 rings (SSSR count). The summed E-state index contributed by atoms with van der Waals surface area (Å²) >= 11 is 0. The Morgan fingerprint density at radius 2 is 1.33 bits per heavy atom. The van der Waals surface area contributed by atoms with E-state index >= 15 is 0 Å². The maximum Gasteiger partial charge on any atom is 0.120 e. The van der Waals surface area contributed by atoms with E-state index in [-0.39, 0.29) is 20.1 Å². The summed E-state index contributed by atoms with van der Waals surface area (Å²) in [7, 11) is -1.40. The minimum atomic E-state index is -1.40. The molecule has 0 saturated carbocycles. The van der Waals surface area contributed by atoms with Gasteiger partial charge in [-0.05, 0) is 107 Å². The molecule has 6 aromatic carbocycles. The number of pyridine rings is 2. The summed E-state index contributed by atoms with van der Waals surface area (Å²) in [5.41, 5.74) is 18.3. The van der Waals surface area contributed by atoms with E-state index in [0.29, 0.717) is 5.92 Å². The molecule has 0 aliphatic carbocycles. The topological polar surface area (TPSA) is 38.9 Å². The monoisotopic (exact) mass is 989 g/mol. The van der Waals surface area contributed by atoms with Crippen molar-refractivity contribution in [3.63, 3.8) is 0 Å². The van der Waals surface area contributed by atoms with Crippen LogP contribution in [0.4, 0.5) is 0 Å². The Morgan fingerprint density at radius 3 is 2.03 bits per heavy atom. The largest absolute Gasteiger partial charge is 0.501 e. The first kappa shape index (κ1) is 43.4. The predicted octanol–water partition coefficient (Wildman–Crippen LogP) is 14.5. The SMILES string of the molecule is CC(C)c1cc(-c2[c-]ccc(-c3ccccc3)c2)ncc1[Si](C)(C)C.Cc1cc(C)c(-c2ccnc(-c3[c-]ccc4c3oc3ccc(Cc5ccccc5)cc34)c2)c(C)c1.[Ir]. The third kappa shape index (κ3) is 9.61. The Kier molecular flexibility index (Phi) is 13.2. The molecule has 307 valence electrons. The van der Waals surface area contributed by atoms with Crippen LogP contribution in [0, 0.1) is 32.9 Å². The fourth-order valence-corrected chi connectivity index (χ4v) is 10.1. The van der Waals surface area contributed by atoms with Crippen LogP contribution in [-0.4, -0.2) is 18.0 Å². The van der Waals surface area contributed by atoms with Gasteiger partial charge in [0.2, 0.25) is 0 Å². The normalized spacial score (nSPS) is 11.4. The molecule has 0 bridgehead atoms. The van der Waals surface area contributed by atoms with Crippen LogP contribution in [0.1, 0.15) is 53.1 Å². The van der Waals surface area contributed by atoms with Crippen molar-refractivity contribution in [1.29, 1.82) is 0 Å². The summed E-state index contributed by atoms with van der Waals surface area (Å²) in [6.45, 7) is 18.2. The van der Waals surface area contributed by atoms with Gasteiger partial charge in [0.1, 0.15) is 5.58 Å². The van der Waals surface area contributed by atoms with Gasteiger partial charge in [0.25, 0.3) is 0 Å². The number of aromatic nitrogens is 2. The van der Waals surface area contributed by atoms with E-state index in [1.807, 2.05) is 24.4 Å². The number of furan rings is 1. The van der Waals surface area contributed by atoms with Crippen LogP contribution < -0.4 is 5.19 Å². The Balaban J connectivity index is 0.000000192. The average molecular weight is 989 g/mol. The van der Waals surface area contributed by atoms with E-state index in [1.165, 1.54) is 55.3 Å². The number of fused-ring (bicyclic) bond motifs is 3. The zero-order valence-electron chi connectivity index (χ0n) is 36.4. The van der Waals surface area contributed by atoms with Crippen molar-refractivity contribution in [3.8, 4) is 44.8 Å². The maximum absolute atomic E-state index is 6.38. The smallest absolute Gasteiger partial charge is 0.120 e. The molecule has 0 unspecified atom stereocenters. The summed E-state index contributed by atoms with van der Waals surface area (Å²) < 4.78 is 6.38. The minimum absolute atomic E-state index is 0. The number of hydrogen-bond acceptors (Lipinski definition) is 3. The fourth-order valence-electron chi connectivity index (χ4n) is 8.43. The first-order valence-electron chi connectivity index (χ1n) is 21.0. The molecular weight excluding hydrogens is 937 g/mol. The van der Waals surface area contributed by atoms with Gasteiger partial charge < -0.3 is 14.4 Å². The molecule has 0 atom stereocenters. The zero-order chi connectivity index (χ0) is 42.0. The number of nitrogens with zero attached hydrogens (tertiary/aromatic N) is 2. The van der Waals surface area contributed by atoms with Crippen molar-refractivity contribution in [3.05, 3.63) is 197 Å². The van der Waals surface area contributed by atoms with Crippen LogP contribution in [-0.2, 0) is 26.5 Å².